The van der Waals surface area contributed by atoms with Gasteiger partial charge in [-0.05, 0) is 124 Å². The van der Waals surface area contributed by atoms with Crippen molar-refractivity contribution in [3.05, 3.63) is 125 Å². The molecule has 8 rings (SSSR count). The van der Waals surface area contributed by atoms with E-state index in [0.29, 0.717) is 48.6 Å². The molecule has 4 aromatic carbocycles. The summed E-state index contributed by atoms with van der Waals surface area (Å²) >= 11 is 0. The van der Waals surface area contributed by atoms with Crippen molar-refractivity contribution in [1.82, 2.24) is 30.8 Å². The van der Waals surface area contributed by atoms with Crippen molar-refractivity contribution < 1.29 is 29.4 Å². The van der Waals surface area contributed by atoms with Gasteiger partial charge in [-0.3, -0.25) is 14.4 Å². The second-order valence-electron chi connectivity index (χ2n) is 20.8. The first-order valence-corrected chi connectivity index (χ1v) is 24.3. The molecule has 2 bridgehead atoms. The zero-order valence-corrected chi connectivity index (χ0v) is 41.2. The van der Waals surface area contributed by atoms with Crippen molar-refractivity contribution in [1.29, 1.82) is 0 Å². The van der Waals surface area contributed by atoms with E-state index in [0.717, 1.165) is 47.2 Å². The Kier molecular flexibility index (Phi) is 16.6. The van der Waals surface area contributed by atoms with Gasteiger partial charge in [0.05, 0.1) is 26.4 Å². The molecular formula is C55H76N6O6. The third kappa shape index (κ3) is 12.0. The molecule has 10 atom stereocenters. The molecule has 12 heteroatoms. The first kappa shape index (κ1) is 50.2. The molecule has 1 heterocycles. The first-order valence-electron chi connectivity index (χ1n) is 24.3. The smallest absolute Gasteiger partial charge is 0.251 e. The fourth-order valence-electron chi connectivity index (χ4n) is 11.5. The summed E-state index contributed by atoms with van der Waals surface area (Å²) < 4.78 is 6.25. The highest BCUT2D eigenvalue weighted by molar-refractivity contribution is 5.96. The van der Waals surface area contributed by atoms with Crippen molar-refractivity contribution in [3.8, 4) is 16.9 Å². The van der Waals surface area contributed by atoms with E-state index in [9.17, 15) is 19.8 Å². The maximum Gasteiger partial charge on any atom is 0.251 e. The molecule has 0 aromatic heterocycles. The fraction of sp³-hybridized carbons (Fsp3) is 0.527. The number of nitrogens with one attached hydrogen (secondary N) is 3. The minimum atomic E-state index is -0.918. The Balaban J connectivity index is 1.20. The second-order valence-corrected chi connectivity index (χ2v) is 20.8. The third-order valence-corrected chi connectivity index (χ3v) is 15.0. The van der Waals surface area contributed by atoms with E-state index in [-0.39, 0.29) is 48.5 Å². The molecular weight excluding hydrogens is 841 g/mol. The number of methoxy groups -OCH3 is 1. The predicted octanol–water partition coefficient (Wildman–Crippen LogP) is 6.19. The lowest BCUT2D eigenvalue weighted by molar-refractivity contribution is -0.183. The number of fused-ring (bicyclic) bond motifs is 2. The van der Waals surface area contributed by atoms with Crippen LogP contribution >= 0.6 is 0 Å². The maximum atomic E-state index is 14.5. The zero-order chi connectivity index (χ0) is 48.0. The van der Waals surface area contributed by atoms with Crippen LogP contribution in [0.2, 0.25) is 0 Å². The average Bonchev–Trinajstić information content (AvgIpc) is 3.67. The molecule has 0 spiro atoms. The zero-order valence-electron chi connectivity index (χ0n) is 41.2. The van der Waals surface area contributed by atoms with E-state index in [1.165, 1.54) is 12.0 Å². The van der Waals surface area contributed by atoms with Gasteiger partial charge in [-0.15, -0.1) is 0 Å². The SMILES string of the molecule is COc1c(CN2O[C@@H](CO)[C@@H]([C@H](C)O)[C@H]2C(=O)N[C@H]2C[C@H]3C[C@@H]([C@@H]2C)C3(C)C)cccc1-c1cc(CN[C@@H](Cc2ccccc2)CN(C)C)cc(C(=O)N[C@@H](Cc2ccccc2)CN(C)C)c1. The van der Waals surface area contributed by atoms with Crippen LogP contribution in [0.1, 0.15) is 73.1 Å². The Hall–Kier alpha value is -4.66. The standard InChI is InChI=1S/C55H76N6O6/c1-35-47-28-43(55(47,3)4)29-48(35)58-54(65)51-50(36(2)63)49(34-62)67-61(51)31-40-21-16-22-46(52(40)66-9)41-23-39(30-56-44(32-59(5)6)25-37-17-12-10-13-18-37)24-42(27-41)53(64)57-45(33-60(7)8)26-38-19-14-11-15-20-38/h10-24,27,35-36,43-45,47-51,56,62-63H,25-26,28-34H2,1-9H3,(H,57,64)(H,58,65)/t35-,36-,43+,44-,45-,47-,48-,49-,50+,51-/m0/s1. The van der Waals surface area contributed by atoms with Crippen molar-refractivity contribution in [3.63, 3.8) is 0 Å². The molecule has 0 unspecified atom stereocenters. The number of nitrogens with zero attached hydrogens (tertiary/aromatic N) is 3. The molecule has 4 aromatic rings. The molecule has 12 nitrogen and oxygen atoms in total. The van der Waals surface area contributed by atoms with Crippen molar-refractivity contribution >= 4 is 11.8 Å². The molecule has 4 fully saturated rings. The van der Waals surface area contributed by atoms with Crippen LogP contribution in [0.3, 0.4) is 0 Å². The van der Waals surface area contributed by atoms with Crippen LogP contribution in [0.4, 0.5) is 0 Å². The summed E-state index contributed by atoms with van der Waals surface area (Å²) in [4.78, 5) is 39.7. The van der Waals surface area contributed by atoms with E-state index in [4.69, 9.17) is 9.57 Å². The van der Waals surface area contributed by atoms with Crippen LogP contribution in [0.5, 0.6) is 5.75 Å². The van der Waals surface area contributed by atoms with Gasteiger partial charge in [0.1, 0.15) is 17.9 Å². The molecule has 362 valence electrons. The number of benzene rings is 4. The van der Waals surface area contributed by atoms with Crippen LogP contribution in [0, 0.1) is 29.1 Å². The molecule has 5 N–H and O–H groups in total. The lowest BCUT2D eigenvalue weighted by Crippen LogP contribution is -2.62. The normalized spacial score (nSPS) is 24.8. The summed E-state index contributed by atoms with van der Waals surface area (Å²) in [7, 11) is 9.83. The molecule has 67 heavy (non-hydrogen) atoms. The number of aliphatic hydroxyl groups is 2. The summed E-state index contributed by atoms with van der Waals surface area (Å²) in [5.41, 5.74) is 6.49. The number of rotatable bonds is 21. The molecule has 4 aliphatic rings. The second kappa shape index (κ2) is 22.2. The summed E-state index contributed by atoms with van der Waals surface area (Å²) in [5, 5.41) is 33.8. The van der Waals surface area contributed by atoms with Gasteiger partial charge in [-0.2, -0.15) is 5.06 Å². The van der Waals surface area contributed by atoms with Gasteiger partial charge in [0.15, 0.2) is 0 Å². The number of ether oxygens (including phenoxy) is 1. The van der Waals surface area contributed by atoms with E-state index < -0.39 is 24.2 Å². The fourth-order valence-corrected chi connectivity index (χ4v) is 11.5. The van der Waals surface area contributed by atoms with E-state index >= 15 is 0 Å². The Morgan fingerprint density at radius 1 is 0.866 bits per heavy atom. The predicted molar refractivity (Wildman–Crippen MR) is 265 cm³/mol. The molecule has 2 amide bonds. The van der Waals surface area contributed by atoms with E-state index in [1.54, 1.807) is 19.1 Å². The Morgan fingerprint density at radius 2 is 1.51 bits per heavy atom. The highest BCUT2D eigenvalue weighted by atomic mass is 16.7. The minimum absolute atomic E-state index is 0.0213. The summed E-state index contributed by atoms with van der Waals surface area (Å²) in [6, 6.07) is 31.8. The molecule has 1 aliphatic heterocycles. The van der Waals surface area contributed by atoms with Gasteiger partial charge in [0.2, 0.25) is 5.91 Å². The summed E-state index contributed by atoms with van der Waals surface area (Å²) in [6.07, 6.45) is 1.95. The van der Waals surface area contributed by atoms with Crippen LogP contribution in [0.25, 0.3) is 11.1 Å². The number of hydrogen-bond acceptors (Lipinski definition) is 10. The van der Waals surface area contributed by atoms with Gasteiger partial charge < -0.3 is 40.7 Å². The summed E-state index contributed by atoms with van der Waals surface area (Å²) in [5.74, 6) is 0.966. The van der Waals surface area contributed by atoms with Gasteiger partial charge in [0, 0.05) is 60.4 Å². The number of aliphatic hydroxyl groups excluding tert-OH is 2. The largest absolute Gasteiger partial charge is 0.496 e. The minimum Gasteiger partial charge on any atom is -0.496 e. The molecule has 3 saturated carbocycles. The Morgan fingerprint density at radius 3 is 2.09 bits per heavy atom. The first-order chi connectivity index (χ1) is 32.1. The molecule has 1 saturated heterocycles. The van der Waals surface area contributed by atoms with Gasteiger partial charge in [0.25, 0.3) is 5.91 Å². The molecule has 0 radical (unpaired) electrons. The van der Waals surface area contributed by atoms with Crippen LogP contribution in [-0.4, -0.2) is 128 Å². The third-order valence-electron chi connectivity index (χ3n) is 15.0. The topological polar surface area (TPSA) is 139 Å². The number of hydroxylamine groups is 2. The van der Waals surface area contributed by atoms with Crippen molar-refractivity contribution in [2.24, 2.45) is 29.1 Å². The van der Waals surface area contributed by atoms with Crippen LogP contribution < -0.4 is 20.7 Å². The lowest BCUT2D eigenvalue weighted by atomic mass is 9.45. The molecule has 3 aliphatic carbocycles. The van der Waals surface area contributed by atoms with Crippen LogP contribution in [-0.2, 0) is 35.6 Å². The number of hydrogen-bond donors (Lipinski definition) is 5. The van der Waals surface area contributed by atoms with Crippen molar-refractivity contribution in [2.45, 2.75) is 103 Å². The number of carbonyl (C=O) groups is 2. The van der Waals surface area contributed by atoms with Crippen molar-refractivity contribution in [2.75, 3.05) is 55.0 Å². The van der Waals surface area contributed by atoms with E-state index in [1.807, 2.05) is 68.7 Å². The maximum absolute atomic E-state index is 14.5. The monoisotopic (exact) mass is 917 g/mol. The Labute approximate surface area is 399 Å². The number of amides is 2. The quantitative estimate of drug-likeness (QED) is 0.0659. The number of likely N-dealkylation sites (N-methyl/N-ethyl adjacent to an activating group) is 2. The summed E-state index contributed by atoms with van der Waals surface area (Å²) in [6.45, 7) is 10.4. The lowest BCUT2D eigenvalue weighted by Gasteiger charge is -2.62. The van der Waals surface area contributed by atoms with Gasteiger partial charge in [-0.1, -0.05) is 99.6 Å². The highest BCUT2D eigenvalue weighted by Gasteiger charge is 2.57. The number of carbonyl (C=O) groups excluding carboxylic acids is 2. The van der Waals surface area contributed by atoms with E-state index in [2.05, 4.69) is 103 Å². The van der Waals surface area contributed by atoms with Gasteiger partial charge >= 0.3 is 0 Å². The Bertz CT molecular complexity index is 2250. The van der Waals surface area contributed by atoms with Gasteiger partial charge in [-0.25, -0.2) is 0 Å². The average molecular weight is 917 g/mol. The van der Waals surface area contributed by atoms with Crippen LogP contribution in [0.15, 0.2) is 97.1 Å². The number of para-hydroxylation sites is 1. The highest BCUT2D eigenvalue weighted by Crippen LogP contribution is 2.61.